The van der Waals surface area contributed by atoms with Crippen LogP contribution in [0.1, 0.15) is 11.6 Å². The normalized spacial score (nSPS) is 24.8. The summed E-state index contributed by atoms with van der Waals surface area (Å²) in [4.78, 5) is 3.88. The van der Waals surface area contributed by atoms with Crippen LogP contribution >= 0.6 is 0 Å². The quantitative estimate of drug-likeness (QED) is 0.0790. The van der Waals surface area contributed by atoms with Gasteiger partial charge in [0, 0.05) is 6.20 Å². The van der Waals surface area contributed by atoms with Gasteiger partial charge >= 0.3 is 83.2 Å². The Morgan fingerprint density at radius 2 is 0.800 bits per heavy atom. The van der Waals surface area contributed by atoms with Crippen molar-refractivity contribution in [1.29, 1.82) is 0 Å². The summed E-state index contributed by atoms with van der Waals surface area (Å²) in [5, 5.41) is 0. The third-order valence-electron chi connectivity index (χ3n) is 5.70. The summed E-state index contributed by atoms with van der Waals surface area (Å²) in [5.41, 5.74) is -7.15. The first-order valence-electron chi connectivity index (χ1n) is 12.7. The lowest BCUT2D eigenvalue weighted by Crippen LogP contribution is -2.53. The highest BCUT2D eigenvalue weighted by Crippen LogP contribution is 2.49. The maximum absolute atomic E-state index is 12.9. The largest absolute Gasteiger partial charge is 0.417 e. The minimum atomic E-state index is -6.20. The number of hydrogen-bond acceptors (Lipinski definition) is 25. The predicted molar refractivity (Wildman–Crippen MR) is 167 cm³/mol. The van der Waals surface area contributed by atoms with Crippen LogP contribution in [0.4, 0.5) is 0 Å². The molecule has 1 aromatic rings. The average Bonchev–Trinajstić information content (AvgIpc) is 2.90. The smallest absolute Gasteiger partial charge is 0.263 e. The van der Waals surface area contributed by atoms with Gasteiger partial charge in [0.1, 0.15) is 23.4 Å². The van der Waals surface area contributed by atoms with Gasteiger partial charge in [-0.3, -0.25) is 23.2 Å². The summed E-state index contributed by atoms with van der Waals surface area (Å²) in [6.45, 7) is 0. The summed E-state index contributed by atoms with van der Waals surface area (Å²) in [5.74, 6) is -2.51. The number of nitrogens with zero attached hydrogens (tertiary/aromatic N) is 1. The molecule has 0 atom stereocenters. The van der Waals surface area contributed by atoms with E-state index in [1.165, 1.54) is 6.07 Å². The second-order valence-corrected chi connectivity index (χ2v) is 19.3. The summed E-state index contributed by atoms with van der Waals surface area (Å²) < 4.78 is 257. The standard InChI is InChI=1S/C18H19NO28S8/c20-48(21,22)44-52(32,33)40-13-4-8-17(9-5-13,42-54(36,37)46-50(26,27)28)16(15-3-1-2-12-19-15)18(43-55(38,39)47-51(29,30)31)10-6-14(7-11-18)41-53(34,35)45-49(23,24)25/h1-14,16H,(H,20,21,22)(H,23,24,25)(H,26,27,28)(H,29,30,31). The monoisotopic (exact) mass is 953 g/mol. The van der Waals surface area contributed by atoms with Crippen molar-refractivity contribution in [2.45, 2.75) is 29.3 Å². The van der Waals surface area contributed by atoms with Gasteiger partial charge in [-0.15, -0.1) is 14.5 Å². The summed E-state index contributed by atoms with van der Waals surface area (Å²) >= 11 is 0. The topological polar surface area (TPSA) is 441 Å². The van der Waals surface area contributed by atoms with Crippen LogP contribution in [0.5, 0.6) is 0 Å². The zero-order chi connectivity index (χ0) is 42.2. The van der Waals surface area contributed by atoms with E-state index in [1.807, 2.05) is 0 Å². The van der Waals surface area contributed by atoms with E-state index in [2.05, 4.69) is 27.9 Å². The molecule has 0 aromatic carbocycles. The third-order valence-corrected chi connectivity index (χ3v) is 13.0. The first kappa shape index (κ1) is 46.6. The Morgan fingerprint density at radius 1 is 0.491 bits per heavy atom. The molecule has 1 aromatic heterocycles. The number of rotatable bonds is 19. The molecular weight excluding hydrogens is 935 g/mol. The molecule has 4 N–H and O–H groups in total. The van der Waals surface area contributed by atoms with Crippen LogP contribution < -0.4 is 0 Å². The molecule has 0 amide bonds. The van der Waals surface area contributed by atoms with Crippen molar-refractivity contribution >= 4 is 83.2 Å². The van der Waals surface area contributed by atoms with Crippen molar-refractivity contribution < 1.29 is 117 Å². The second kappa shape index (κ2) is 15.9. The molecule has 0 bridgehead atoms. The molecule has 29 nitrogen and oxygen atoms in total. The lowest BCUT2D eigenvalue weighted by atomic mass is 9.70. The molecule has 0 aliphatic heterocycles. The summed E-state index contributed by atoms with van der Waals surface area (Å²) in [6.07, 6.45) is -0.133. The molecule has 0 radical (unpaired) electrons. The van der Waals surface area contributed by atoms with E-state index in [0.29, 0.717) is 48.6 Å². The SMILES string of the molecule is O=S(=O)(O)OS(=O)(=O)OC1C=CC(OS(=O)(=O)OS(=O)(=O)O)(C(c2ccccn2)C2(OS(=O)(=O)OS(=O)(=O)O)C=CC(OS(=O)(=O)OS(=O)(=O)O)C=C2)C=C1. The minimum absolute atomic E-state index is 0.362. The van der Waals surface area contributed by atoms with Gasteiger partial charge in [0.2, 0.25) is 0 Å². The Kier molecular flexibility index (Phi) is 13.5. The lowest BCUT2D eigenvalue weighted by Gasteiger charge is -2.45. The van der Waals surface area contributed by atoms with Gasteiger partial charge in [-0.1, -0.05) is 30.4 Å². The maximum Gasteiger partial charge on any atom is 0.417 e. The van der Waals surface area contributed by atoms with Crippen LogP contribution in [0.25, 0.3) is 0 Å². The van der Waals surface area contributed by atoms with E-state index in [0.717, 1.165) is 18.3 Å². The summed E-state index contributed by atoms with van der Waals surface area (Å²) in [7, 11) is -47.4. The van der Waals surface area contributed by atoms with E-state index in [9.17, 15) is 67.3 Å². The van der Waals surface area contributed by atoms with Crippen molar-refractivity contribution in [3.63, 3.8) is 0 Å². The van der Waals surface area contributed by atoms with E-state index >= 15 is 0 Å². The van der Waals surface area contributed by atoms with Crippen LogP contribution in [0, 0.1) is 0 Å². The highest BCUT2D eigenvalue weighted by Gasteiger charge is 2.57. The third kappa shape index (κ3) is 14.9. The van der Waals surface area contributed by atoms with E-state index in [4.69, 9.17) is 26.6 Å². The van der Waals surface area contributed by atoms with Crippen LogP contribution in [0.2, 0.25) is 0 Å². The van der Waals surface area contributed by atoms with Crippen LogP contribution in [-0.4, -0.2) is 114 Å². The predicted octanol–water partition coefficient (Wildman–Crippen LogP) is -3.04. The van der Waals surface area contributed by atoms with Crippen LogP contribution in [0.15, 0.2) is 73.0 Å². The zero-order valence-corrected chi connectivity index (χ0v) is 32.0. The number of aromatic nitrogens is 1. The van der Waals surface area contributed by atoms with Gasteiger partial charge in [0.05, 0.1) is 11.6 Å². The first-order chi connectivity index (χ1) is 24.5. The molecule has 37 heteroatoms. The highest BCUT2D eigenvalue weighted by molar-refractivity contribution is 7.96. The van der Waals surface area contributed by atoms with Crippen LogP contribution in [0.3, 0.4) is 0 Å². The fraction of sp³-hybridized carbons (Fsp3) is 0.278. The van der Waals surface area contributed by atoms with E-state index in [-0.39, 0.29) is 0 Å². The Hall–Kier alpha value is -2.77. The molecule has 0 saturated carbocycles. The zero-order valence-electron chi connectivity index (χ0n) is 25.5. The molecule has 0 spiro atoms. The fourth-order valence-electron chi connectivity index (χ4n) is 4.41. The minimum Gasteiger partial charge on any atom is -0.263 e. The Bertz CT molecular complexity index is 2470. The van der Waals surface area contributed by atoms with Gasteiger partial charge < -0.3 is 0 Å². The van der Waals surface area contributed by atoms with E-state index in [1.54, 1.807) is 0 Å². The van der Waals surface area contributed by atoms with Gasteiger partial charge in [-0.2, -0.15) is 67.3 Å². The van der Waals surface area contributed by atoms with Gasteiger partial charge in [0.15, 0.2) is 0 Å². The first-order valence-corrected chi connectivity index (χ1v) is 23.5. The molecule has 0 saturated heterocycles. The summed E-state index contributed by atoms with van der Waals surface area (Å²) in [6, 6.07) is 3.16. The molecule has 2 aliphatic carbocycles. The molecule has 55 heavy (non-hydrogen) atoms. The van der Waals surface area contributed by atoms with Gasteiger partial charge in [-0.05, 0) is 36.4 Å². The average molecular weight is 954 g/mol. The number of hydrogen-bond donors (Lipinski definition) is 4. The van der Waals surface area contributed by atoms with E-state index < -0.39 is 118 Å². The molecule has 312 valence electrons. The van der Waals surface area contributed by atoms with Crippen molar-refractivity contribution in [2.24, 2.45) is 0 Å². The fourth-order valence-corrected chi connectivity index (χ4v) is 10.2. The Morgan fingerprint density at radius 3 is 1.07 bits per heavy atom. The van der Waals surface area contributed by atoms with Crippen molar-refractivity contribution in [2.75, 3.05) is 0 Å². The van der Waals surface area contributed by atoms with Gasteiger partial charge in [-0.25, -0.2) is 16.7 Å². The Labute approximate surface area is 311 Å². The molecule has 1 heterocycles. The molecule has 0 fully saturated rings. The molecular formula is C18H19NO28S8. The van der Waals surface area contributed by atoms with Crippen molar-refractivity contribution in [3.8, 4) is 0 Å². The molecule has 0 unspecified atom stereocenters. The lowest BCUT2D eigenvalue weighted by molar-refractivity contribution is 0.0325. The highest BCUT2D eigenvalue weighted by atomic mass is 32.3. The Balaban J connectivity index is 2.38. The van der Waals surface area contributed by atoms with Crippen molar-refractivity contribution in [1.82, 2.24) is 4.98 Å². The number of pyridine rings is 1. The van der Waals surface area contributed by atoms with Gasteiger partial charge in [0.25, 0.3) is 0 Å². The second-order valence-electron chi connectivity index (χ2n) is 9.74. The molecule has 2 aliphatic rings. The molecule has 3 rings (SSSR count). The van der Waals surface area contributed by atoms with Crippen molar-refractivity contribution in [3.05, 3.63) is 78.7 Å². The van der Waals surface area contributed by atoms with Crippen LogP contribution in [-0.2, 0) is 114 Å². The maximum atomic E-state index is 12.9.